The number of ether oxygens (including phenoxy) is 1. The number of ketones is 1. The highest BCUT2D eigenvalue weighted by Crippen LogP contribution is 2.44. The number of hydrogen-bond donors (Lipinski definition) is 1. The molecule has 0 unspecified atom stereocenters. The Hall–Kier alpha value is -2.70. The predicted octanol–water partition coefficient (Wildman–Crippen LogP) is 5.31. The molecule has 2 aromatic rings. The summed E-state index contributed by atoms with van der Waals surface area (Å²) in [7, 11) is 1.43. The van der Waals surface area contributed by atoms with Crippen molar-refractivity contribution >= 4 is 40.9 Å². The first-order valence-electron chi connectivity index (χ1n) is 12.3. The molecule has 0 radical (unpaired) electrons. The first kappa shape index (κ1) is 29.3. The molecule has 39 heavy (non-hydrogen) atoms. The number of nitrogens with zero attached hydrogens (tertiary/aromatic N) is 4. The lowest BCUT2D eigenvalue weighted by Crippen LogP contribution is -2.43. The molecule has 2 aliphatic carbocycles. The molecule has 9 nitrogen and oxygen atoms in total. The van der Waals surface area contributed by atoms with Gasteiger partial charge in [-0.1, -0.05) is 23.2 Å². The number of halogens is 5. The molecular formula is C25H27Cl2F3N4O5. The maximum Gasteiger partial charge on any atom is 0.433 e. The van der Waals surface area contributed by atoms with Gasteiger partial charge in [-0.05, 0) is 45.4 Å². The Balaban J connectivity index is 1.67. The van der Waals surface area contributed by atoms with Crippen molar-refractivity contribution in [3.8, 4) is 0 Å². The first-order chi connectivity index (χ1) is 18.2. The molecule has 2 fully saturated rings. The average molecular weight is 591 g/mol. The van der Waals surface area contributed by atoms with Crippen LogP contribution in [0.5, 0.6) is 0 Å². The van der Waals surface area contributed by atoms with Gasteiger partial charge in [0.15, 0.2) is 11.5 Å². The van der Waals surface area contributed by atoms with Crippen LogP contribution in [0, 0.1) is 5.41 Å². The molecule has 1 amide bonds. The standard InChI is InChI=1S/C25H27Cl2F3N4O5/c1-23(22(37)38)5-3-14(4-6-23)34-20(25(28,29)30)15(9-32-34)21(36)33(13-24(39-2)7-8-24)12-18(35)19-16(26)10-31-11-17(19)27/h9-11,14H,3-8,12-13H2,1-2H3,(H,37,38). The molecule has 0 aromatic carbocycles. The van der Waals surface area contributed by atoms with Crippen LogP contribution in [0.25, 0.3) is 0 Å². The van der Waals surface area contributed by atoms with Gasteiger partial charge < -0.3 is 14.7 Å². The summed E-state index contributed by atoms with van der Waals surface area (Å²) in [4.78, 5) is 43.2. The van der Waals surface area contributed by atoms with Crippen LogP contribution in [0.15, 0.2) is 18.6 Å². The van der Waals surface area contributed by atoms with E-state index in [2.05, 4.69) is 10.1 Å². The molecule has 4 rings (SSSR count). The van der Waals surface area contributed by atoms with Crippen molar-refractivity contribution in [1.82, 2.24) is 19.7 Å². The number of aliphatic carboxylic acids is 1. The van der Waals surface area contributed by atoms with Crippen LogP contribution in [0.2, 0.25) is 10.0 Å². The minimum atomic E-state index is -4.94. The Labute approximate surface area is 232 Å². The predicted molar refractivity (Wildman–Crippen MR) is 134 cm³/mol. The van der Waals surface area contributed by atoms with E-state index in [1.54, 1.807) is 6.92 Å². The molecule has 0 atom stereocenters. The van der Waals surface area contributed by atoms with E-state index in [-0.39, 0.29) is 47.8 Å². The normalized spacial score (nSPS) is 22.4. The second-order valence-electron chi connectivity index (χ2n) is 10.4. The molecule has 0 aliphatic heterocycles. The Kier molecular flexibility index (Phi) is 8.04. The van der Waals surface area contributed by atoms with E-state index in [4.69, 9.17) is 27.9 Å². The first-order valence-corrected chi connectivity index (χ1v) is 13.0. The molecule has 2 saturated carbocycles. The maximum absolute atomic E-state index is 14.4. The monoisotopic (exact) mass is 590 g/mol. The van der Waals surface area contributed by atoms with Crippen LogP contribution >= 0.6 is 23.2 Å². The number of hydrogen-bond acceptors (Lipinski definition) is 6. The highest BCUT2D eigenvalue weighted by molar-refractivity contribution is 6.39. The lowest BCUT2D eigenvalue weighted by atomic mass is 9.74. The van der Waals surface area contributed by atoms with E-state index in [0.717, 1.165) is 15.8 Å². The van der Waals surface area contributed by atoms with Gasteiger partial charge in [-0.25, -0.2) is 0 Å². The van der Waals surface area contributed by atoms with Crippen molar-refractivity contribution in [3.63, 3.8) is 0 Å². The van der Waals surface area contributed by atoms with E-state index in [1.165, 1.54) is 19.5 Å². The van der Waals surface area contributed by atoms with Gasteiger partial charge in [0.25, 0.3) is 5.91 Å². The van der Waals surface area contributed by atoms with Gasteiger partial charge in [0.2, 0.25) is 0 Å². The summed E-state index contributed by atoms with van der Waals surface area (Å²) in [6.45, 7) is 0.835. The Morgan fingerprint density at radius 1 is 1.13 bits per heavy atom. The van der Waals surface area contributed by atoms with E-state index >= 15 is 0 Å². The number of carbonyl (C=O) groups is 3. The van der Waals surface area contributed by atoms with Crippen molar-refractivity contribution in [1.29, 1.82) is 0 Å². The highest BCUT2D eigenvalue weighted by atomic mass is 35.5. The summed E-state index contributed by atoms with van der Waals surface area (Å²) < 4.78 is 49.4. The minimum absolute atomic E-state index is 0.0535. The Bertz CT molecular complexity index is 1270. The zero-order valence-corrected chi connectivity index (χ0v) is 22.7. The Morgan fingerprint density at radius 3 is 2.21 bits per heavy atom. The number of pyridine rings is 1. The quantitative estimate of drug-likeness (QED) is 0.393. The number of methoxy groups -OCH3 is 1. The van der Waals surface area contributed by atoms with E-state index in [9.17, 15) is 32.7 Å². The third kappa shape index (κ3) is 5.92. The number of Topliss-reactive ketones (excluding diaryl/α,β-unsaturated/α-hetero) is 1. The summed E-state index contributed by atoms with van der Waals surface area (Å²) in [5.41, 5.74) is -3.85. The summed E-state index contributed by atoms with van der Waals surface area (Å²) in [6, 6.07) is -0.742. The topological polar surface area (TPSA) is 115 Å². The molecule has 2 heterocycles. The molecular weight excluding hydrogens is 564 g/mol. The number of carboxylic acid groups (broad SMARTS) is 1. The van der Waals surface area contributed by atoms with Gasteiger partial charge in [-0.15, -0.1) is 0 Å². The van der Waals surface area contributed by atoms with Gasteiger partial charge in [0.05, 0.1) is 57.5 Å². The van der Waals surface area contributed by atoms with Crippen LogP contribution in [-0.4, -0.2) is 68.2 Å². The van der Waals surface area contributed by atoms with Crippen LogP contribution in [-0.2, 0) is 15.7 Å². The van der Waals surface area contributed by atoms with E-state index in [0.29, 0.717) is 12.8 Å². The second-order valence-corrected chi connectivity index (χ2v) is 11.2. The maximum atomic E-state index is 14.4. The van der Waals surface area contributed by atoms with Crippen molar-refractivity contribution in [3.05, 3.63) is 45.5 Å². The second kappa shape index (κ2) is 10.7. The number of carbonyl (C=O) groups excluding carboxylic acids is 2. The van der Waals surface area contributed by atoms with Crippen molar-refractivity contribution < 1.29 is 37.4 Å². The van der Waals surface area contributed by atoms with Crippen LogP contribution in [0.1, 0.15) is 77.9 Å². The number of alkyl halides is 3. The molecule has 0 bridgehead atoms. The summed E-state index contributed by atoms with van der Waals surface area (Å²) >= 11 is 12.2. The lowest BCUT2D eigenvalue weighted by Gasteiger charge is -2.34. The third-order valence-corrected chi connectivity index (χ3v) is 8.26. The highest BCUT2D eigenvalue weighted by Gasteiger charge is 2.48. The lowest BCUT2D eigenvalue weighted by molar-refractivity contribution is -0.152. The van der Waals surface area contributed by atoms with Crippen molar-refractivity contribution in [2.45, 2.75) is 63.3 Å². The Morgan fingerprint density at radius 2 is 1.72 bits per heavy atom. The fourth-order valence-electron chi connectivity index (χ4n) is 4.99. The van der Waals surface area contributed by atoms with Gasteiger partial charge in [-0.3, -0.25) is 24.0 Å². The van der Waals surface area contributed by atoms with Crippen molar-refractivity contribution in [2.24, 2.45) is 5.41 Å². The molecule has 14 heteroatoms. The minimum Gasteiger partial charge on any atom is -0.481 e. The molecule has 0 spiro atoms. The van der Waals surface area contributed by atoms with E-state index in [1.807, 2.05) is 0 Å². The SMILES string of the molecule is COC1(CN(CC(=O)c2c(Cl)cncc2Cl)C(=O)c2cnn(C3CCC(C)(C(=O)O)CC3)c2C(F)(F)F)CC1. The number of amides is 1. The number of rotatable bonds is 9. The van der Waals surface area contributed by atoms with E-state index < -0.39 is 58.7 Å². The zero-order chi connectivity index (χ0) is 28.8. The van der Waals surface area contributed by atoms with Crippen molar-refractivity contribution in [2.75, 3.05) is 20.2 Å². The van der Waals surface area contributed by atoms with Gasteiger partial charge in [0.1, 0.15) is 0 Å². The number of carboxylic acids is 1. The fraction of sp³-hybridized carbons (Fsp3) is 0.560. The molecule has 0 saturated heterocycles. The molecule has 2 aliphatic rings. The van der Waals surface area contributed by atoms with Gasteiger partial charge in [-0.2, -0.15) is 18.3 Å². The molecule has 2 aromatic heterocycles. The van der Waals surface area contributed by atoms with Crippen LogP contribution < -0.4 is 0 Å². The zero-order valence-electron chi connectivity index (χ0n) is 21.2. The summed E-state index contributed by atoms with van der Waals surface area (Å²) in [6.07, 6.45) is 0.0704. The molecule has 1 N–H and O–H groups in total. The largest absolute Gasteiger partial charge is 0.481 e. The summed E-state index contributed by atoms with van der Waals surface area (Å²) in [5.74, 6) is -2.72. The third-order valence-electron chi connectivity index (χ3n) is 7.69. The van der Waals surface area contributed by atoms with Gasteiger partial charge in [0, 0.05) is 19.5 Å². The van der Waals surface area contributed by atoms with Gasteiger partial charge >= 0.3 is 12.1 Å². The van der Waals surface area contributed by atoms with Crippen LogP contribution in [0.3, 0.4) is 0 Å². The molecule has 212 valence electrons. The summed E-state index contributed by atoms with van der Waals surface area (Å²) in [5, 5.41) is 13.3. The smallest absolute Gasteiger partial charge is 0.433 e. The fourth-order valence-corrected chi connectivity index (χ4v) is 5.57. The number of aromatic nitrogens is 3. The average Bonchev–Trinajstić information content (AvgIpc) is 3.49. The van der Waals surface area contributed by atoms with Crippen LogP contribution in [0.4, 0.5) is 13.2 Å².